The van der Waals surface area contributed by atoms with E-state index in [0.29, 0.717) is 12.1 Å². The van der Waals surface area contributed by atoms with Gasteiger partial charge in [0.25, 0.3) is 5.60 Å². The first-order valence-corrected chi connectivity index (χ1v) is 5.33. The number of amides is 1. The highest BCUT2D eigenvalue weighted by atomic mass is 19.4. The molecule has 1 unspecified atom stereocenters. The van der Waals surface area contributed by atoms with E-state index in [4.69, 9.17) is 16.6 Å². The minimum absolute atomic E-state index is 0.0852. The van der Waals surface area contributed by atoms with E-state index in [1.54, 1.807) is 0 Å². The minimum Gasteiger partial charge on any atom is -0.369 e. The molecule has 0 fully saturated rings. The molecule has 0 saturated carbocycles. The zero-order valence-electron chi connectivity index (χ0n) is 10.2. The van der Waals surface area contributed by atoms with Crippen molar-refractivity contribution in [3.8, 4) is 0 Å². The molecule has 1 aromatic rings. The molecule has 0 saturated heterocycles. The van der Waals surface area contributed by atoms with Gasteiger partial charge in [-0.25, -0.2) is 0 Å². The zero-order valence-corrected chi connectivity index (χ0v) is 10.2. The van der Waals surface area contributed by atoms with Gasteiger partial charge in [0, 0.05) is 5.56 Å². The number of halogens is 6. The standard InChI is InChI=1S/C11H10F6N2O2/c12-10(13,14)9(21,11(15,16)17)6-3-1-5(2-4-6)7(18)8(19)20/h1-4,7,21H,18H2,(H2,19,20). The van der Waals surface area contributed by atoms with Gasteiger partial charge < -0.3 is 16.6 Å². The maximum atomic E-state index is 12.6. The van der Waals surface area contributed by atoms with E-state index in [2.05, 4.69) is 0 Å². The maximum Gasteiger partial charge on any atom is 0.430 e. The fraction of sp³-hybridized carbons (Fsp3) is 0.364. The normalized spacial score (nSPS) is 14.9. The predicted molar refractivity (Wildman–Crippen MR) is 58.6 cm³/mol. The molecule has 0 aliphatic carbocycles. The molecule has 0 aromatic heterocycles. The first-order valence-electron chi connectivity index (χ1n) is 5.33. The monoisotopic (exact) mass is 316 g/mol. The van der Waals surface area contributed by atoms with Gasteiger partial charge in [-0.15, -0.1) is 0 Å². The maximum absolute atomic E-state index is 12.6. The van der Waals surface area contributed by atoms with Crippen molar-refractivity contribution >= 4 is 5.91 Å². The number of primary amides is 1. The Morgan fingerprint density at radius 1 is 1.00 bits per heavy atom. The summed E-state index contributed by atoms with van der Waals surface area (Å²) in [5.41, 5.74) is 3.60. The third-order valence-corrected chi connectivity index (χ3v) is 2.81. The Bertz CT molecular complexity index is 509. The summed E-state index contributed by atoms with van der Waals surface area (Å²) in [6.07, 6.45) is -11.9. The van der Waals surface area contributed by atoms with Gasteiger partial charge >= 0.3 is 12.4 Å². The molecule has 0 bridgehead atoms. The van der Waals surface area contributed by atoms with Crippen LogP contribution in [0.25, 0.3) is 0 Å². The van der Waals surface area contributed by atoms with Crippen LogP contribution in [0.3, 0.4) is 0 Å². The van der Waals surface area contributed by atoms with E-state index in [-0.39, 0.29) is 5.56 Å². The van der Waals surface area contributed by atoms with Crippen molar-refractivity contribution in [3.05, 3.63) is 35.4 Å². The lowest BCUT2D eigenvalue weighted by Gasteiger charge is -2.32. The van der Waals surface area contributed by atoms with Crippen molar-refractivity contribution in [2.75, 3.05) is 0 Å². The fourth-order valence-corrected chi connectivity index (χ4v) is 1.58. The van der Waals surface area contributed by atoms with Crippen molar-refractivity contribution in [1.29, 1.82) is 0 Å². The average Bonchev–Trinajstić information content (AvgIpc) is 2.34. The van der Waals surface area contributed by atoms with Crippen molar-refractivity contribution in [3.63, 3.8) is 0 Å². The summed E-state index contributed by atoms with van der Waals surface area (Å²) in [6, 6.07) is 0.905. The van der Waals surface area contributed by atoms with Crippen LogP contribution in [0.1, 0.15) is 17.2 Å². The molecule has 118 valence electrons. The molecule has 0 spiro atoms. The van der Waals surface area contributed by atoms with Crippen LogP contribution in [0.5, 0.6) is 0 Å². The van der Waals surface area contributed by atoms with E-state index in [9.17, 15) is 31.1 Å². The third-order valence-electron chi connectivity index (χ3n) is 2.81. The first kappa shape index (κ1) is 17.2. The van der Waals surface area contributed by atoms with E-state index < -0.39 is 35.5 Å². The number of carbonyl (C=O) groups excluding carboxylic acids is 1. The quantitative estimate of drug-likeness (QED) is 0.738. The summed E-state index contributed by atoms with van der Waals surface area (Å²) in [5.74, 6) is -1.01. The summed E-state index contributed by atoms with van der Waals surface area (Å²) in [7, 11) is 0. The van der Waals surface area contributed by atoms with Gasteiger partial charge in [-0.05, 0) is 5.56 Å². The van der Waals surface area contributed by atoms with Crippen molar-refractivity contribution in [2.45, 2.75) is 24.0 Å². The van der Waals surface area contributed by atoms with Crippen LogP contribution in [0, 0.1) is 0 Å². The van der Waals surface area contributed by atoms with Crippen LogP contribution in [0.4, 0.5) is 26.3 Å². The number of aliphatic hydroxyl groups is 1. The highest BCUT2D eigenvalue weighted by molar-refractivity contribution is 5.81. The van der Waals surface area contributed by atoms with Crippen molar-refractivity contribution < 1.29 is 36.2 Å². The van der Waals surface area contributed by atoms with Crippen LogP contribution < -0.4 is 11.5 Å². The summed E-state index contributed by atoms with van der Waals surface area (Å²) in [4.78, 5) is 10.8. The summed E-state index contributed by atoms with van der Waals surface area (Å²) >= 11 is 0. The molecular formula is C11H10F6N2O2. The molecule has 1 atom stereocenters. The molecule has 0 heterocycles. The molecular weight excluding hydrogens is 306 g/mol. The SMILES string of the molecule is NC(=O)C(N)c1ccc(C(O)(C(F)(F)F)C(F)(F)F)cc1. The minimum atomic E-state index is -5.97. The predicted octanol–water partition coefficient (Wildman–Crippen LogP) is 1.48. The third kappa shape index (κ3) is 2.95. The van der Waals surface area contributed by atoms with Gasteiger partial charge in [-0.3, -0.25) is 4.79 Å². The van der Waals surface area contributed by atoms with Crippen LogP contribution in [-0.2, 0) is 10.4 Å². The summed E-state index contributed by atoms with van der Waals surface area (Å²) in [5, 5.41) is 9.12. The van der Waals surface area contributed by atoms with Crippen LogP contribution in [0.2, 0.25) is 0 Å². The second-order valence-corrected chi connectivity index (χ2v) is 4.21. The van der Waals surface area contributed by atoms with Gasteiger partial charge in [-0.2, -0.15) is 26.3 Å². The molecule has 1 rings (SSSR count). The van der Waals surface area contributed by atoms with Gasteiger partial charge in [0.2, 0.25) is 5.91 Å². The lowest BCUT2D eigenvalue weighted by Crippen LogP contribution is -2.53. The number of hydrogen-bond acceptors (Lipinski definition) is 3. The Morgan fingerprint density at radius 2 is 1.38 bits per heavy atom. The Balaban J connectivity index is 3.34. The second kappa shape index (κ2) is 5.19. The second-order valence-electron chi connectivity index (χ2n) is 4.21. The van der Waals surface area contributed by atoms with E-state index >= 15 is 0 Å². The molecule has 1 aromatic carbocycles. The Morgan fingerprint density at radius 3 is 1.67 bits per heavy atom. The number of alkyl halides is 6. The van der Waals surface area contributed by atoms with Crippen molar-refractivity contribution in [1.82, 2.24) is 0 Å². The molecule has 4 nitrogen and oxygen atoms in total. The van der Waals surface area contributed by atoms with E-state index in [1.807, 2.05) is 0 Å². The average molecular weight is 316 g/mol. The molecule has 5 N–H and O–H groups in total. The highest BCUT2D eigenvalue weighted by Gasteiger charge is 2.71. The molecule has 0 radical (unpaired) electrons. The van der Waals surface area contributed by atoms with Gasteiger partial charge in [0.1, 0.15) is 6.04 Å². The Labute approximate surface area is 114 Å². The molecule has 1 amide bonds. The molecule has 0 aliphatic heterocycles. The van der Waals surface area contributed by atoms with Crippen molar-refractivity contribution in [2.24, 2.45) is 11.5 Å². The summed E-state index contributed by atoms with van der Waals surface area (Å²) in [6.45, 7) is 0. The number of benzene rings is 1. The lowest BCUT2D eigenvalue weighted by atomic mass is 9.91. The molecule has 21 heavy (non-hydrogen) atoms. The number of nitrogens with two attached hydrogens (primary N) is 2. The van der Waals surface area contributed by atoms with Gasteiger partial charge in [0.15, 0.2) is 0 Å². The largest absolute Gasteiger partial charge is 0.430 e. The van der Waals surface area contributed by atoms with Crippen LogP contribution >= 0.6 is 0 Å². The summed E-state index contributed by atoms with van der Waals surface area (Å²) < 4.78 is 75.6. The molecule has 10 heteroatoms. The number of hydrogen-bond donors (Lipinski definition) is 3. The fourth-order valence-electron chi connectivity index (χ4n) is 1.58. The highest BCUT2D eigenvalue weighted by Crippen LogP contribution is 2.49. The van der Waals surface area contributed by atoms with E-state index in [1.165, 1.54) is 0 Å². The molecule has 0 aliphatic rings. The van der Waals surface area contributed by atoms with Crippen LogP contribution in [0.15, 0.2) is 24.3 Å². The zero-order chi connectivity index (χ0) is 16.6. The number of carbonyl (C=O) groups is 1. The van der Waals surface area contributed by atoms with E-state index in [0.717, 1.165) is 12.1 Å². The smallest absolute Gasteiger partial charge is 0.369 e. The topological polar surface area (TPSA) is 89.3 Å². The van der Waals surface area contributed by atoms with Crippen LogP contribution in [-0.4, -0.2) is 23.4 Å². The first-order chi connectivity index (χ1) is 9.32. The lowest BCUT2D eigenvalue weighted by molar-refractivity contribution is -0.376. The Kier molecular flexibility index (Phi) is 4.26. The number of rotatable bonds is 3. The Hall–Kier alpha value is -1.81. The van der Waals surface area contributed by atoms with Gasteiger partial charge in [0.05, 0.1) is 0 Å². The van der Waals surface area contributed by atoms with Gasteiger partial charge in [-0.1, -0.05) is 24.3 Å².